The van der Waals surface area contributed by atoms with E-state index in [4.69, 9.17) is 0 Å². The predicted molar refractivity (Wildman–Crippen MR) is 87.6 cm³/mol. The van der Waals surface area contributed by atoms with Crippen molar-refractivity contribution in [2.45, 2.75) is 39.7 Å². The molecule has 1 aromatic carbocycles. The first-order valence-corrected chi connectivity index (χ1v) is 8.05. The number of anilines is 1. The number of aryl methyl sites for hydroxylation is 1. The molecular weight excluding hydrogens is 372 g/mol. The summed E-state index contributed by atoms with van der Waals surface area (Å²) in [6.45, 7) is 6.46. The van der Waals surface area contributed by atoms with Gasteiger partial charge < -0.3 is 10.6 Å². The van der Waals surface area contributed by atoms with Crippen LogP contribution in [0, 0.1) is 6.92 Å². The number of amides is 1. The zero-order chi connectivity index (χ0) is 14.4. The number of carbonyl (C=O) groups is 1. The minimum absolute atomic E-state index is 0.0214. The molecule has 0 saturated heterocycles. The third-order valence-electron chi connectivity index (χ3n) is 2.96. The van der Waals surface area contributed by atoms with E-state index in [1.807, 2.05) is 19.1 Å². The van der Waals surface area contributed by atoms with E-state index < -0.39 is 0 Å². The van der Waals surface area contributed by atoms with Crippen molar-refractivity contribution in [1.82, 2.24) is 5.32 Å². The molecule has 2 N–H and O–H groups in total. The molecule has 0 aliphatic heterocycles. The van der Waals surface area contributed by atoms with Crippen LogP contribution in [0.1, 0.15) is 32.3 Å². The molecule has 0 fully saturated rings. The molecule has 0 aromatic heterocycles. The summed E-state index contributed by atoms with van der Waals surface area (Å²) in [7, 11) is 0. The molecule has 0 aliphatic carbocycles. The van der Waals surface area contributed by atoms with Crippen LogP contribution in [-0.2, 0) is 4.79 Å². The largest absolute Gasteiger partial charge is 0.374 e. The summed E-state index contributed by atoms with van der Waals surface area (Å²) in [5, 5.41) is 6.16. The standard InChI is InChI=1S/C14H20Br2N2O/c1-4-10(5-2)18-13(19)8-17-14-11(15)6-9(3)7-12(14)16/h6-7,10,17H,4-5,8H2,1-3H3,(H,18,19). The van der Waals surface area contributed by atoms with Gasteiger partial charge in [0.15, 0.2) is 0 Å². The summed E-state index contributed by atoms with van der Waals surface area (Å²) in [5.74, 6) is 0.0214. The van der Waals surface area contributed by atoms with Crippen LogP contribution < -0.4 is 10.6 Å². The van der Waals surface area contributed by atoms with Crippen LogP contribution >= 0.6 is 31.9 Å². The molecule has 0 spiro atoms. The van der Waals surface area contributed by atoms with Gasteiger partial charge in [-0.25, -0.2) is 0 Å². The Balaban J connectivity index is 2.60. The normalized spacial score (nSPS) is 10.6. The van der Waals surface area contributed by atoms with E-state index in [-0.39, 0.29) is 18.5 Å². The average Bonchev–Trinajstić information content (AvgIpc) is 2.34. The van der Waals surface area contributed by atoms with Gasteiger partial charge in [0.05, 0.1) is 12.2 Å². The number of nitrogens with one attached hydrogen (secondary N) is 2. The van der Waals surface area contributed by atoms with E-state index >= 15 is 0 Å². The van der Waals surface area contributed by atoms with Crippen LogP contribution in [0.2, 0.25) is 0 Å². The summed E-state index contributed by atoms with van der Waals surface area (Å²) in [6.07, 6.45) is 1.92. The number of carbonyl (C=O) groups excluding carboxylic acids is 1. The molecule has 1 rings (SSSR count). The Bertz CT molecular complexity index is 422. The molecule has 3 nitrogen and oxygen atoms in total. The minimum Gasteiger partial charge on any atom is -0.374 e. The molecule has 0 saturated carbocycles. The van der Waals surface area contributed by atoms with Gasteiger partial charge in [0.1, 0.15) is 0 Å². The quantitative estimate of drug-likeness (QED) is 0.761. The van der Waals surface area contributed by atoms with Gasteiger partial charge in [-0.05, 0) is 69.3 Å². The van der Waals surface area contributed by atoms with Gasteiger partial charge in [-0.1, -0.05) is 13.8 Å². The lowest BCUT2D eigenvalue weighted by atomic mass is 10.2. The van der Waals surface area contributed by atoms with Gasteiger partial charge >= 0.3 is 0 Å². The molecule has 0 heterocycles. The molecule has 19 heavy (non-hydrogen) atoms. The van der Waals surface area contributed by atoms with E-state index in [1.54, 1.807) is 0 Å². The van der Waals surface area contributed by atoms with Gasteiger partial charge in [-0.2, -0.15) is 0 Å². The molecule has 1 aromatic rings. The Labute approximate surface area is 131 Å². The van der Waals surface area contributed by atoms with Crippen LogP contribution in [0.25, 0.3) is 0 Å². The fourth-order valence-electron chi connectivity index (χ4n) is 1.81. The monoisotopic (exact) mass is 390 g/mol. The Hall–Kier alpha value is -0.550. The van der Waals surface area contributed by atoms with Crippen LogP contribution in [0.4, 0.5) is 5.69 Å². The second-order valence-corrected chi connectivity index (χ2v) is 6.25. The van der Waals surface area contributed by atoms with Crippen LogP contribution in [-0.4, -0.2) is 18.5 Å². The van der Waals surface area contributed by atoms with Crippen LogP contribution in [0.3, 0.4) is 0 Å². The highest BCUT2D eigenvalue weighted by Gasteiger charge is 2.10. The molecule has 0 radical (unpaired) electrons. The van der Waals surface area contributed by atoms with Crippen LogP contribution in [0.15, 0.2) is 21.1 Å². The van der Waals surface area contributed by atoms with E-state index in [9.17, 15) is 4.79 Å². The first kappa shape index (κ1) is 16.5. The number of halogens is 2. The van der Waals surface area contributed by atoms with E-state index in [0.29, 0.717) is 0 Å². The van der Waals surface area contributed by atoms with Gasteiger partial charge in [0.25, 0.3) is 0 Å². The van der Waals surface area contributed by atoms with Crippen molar-refractivity contribution in [2.24, 2.45) is 0 Å². The van der Waals surface area contributed by atoms with E-state index in [1.165, 1.54) is 0 Å². The van der Waals surface area contributed by atoms with Crippen molar-refractivity contribution < 1.29 is 4.79 Å². The molecule has 106 valence electrons. The van der Waals surface area contributed by atoms with Crippen molar-refractivity contribution in [3.63, 3.8) is 0 Å². The molecule has 1 amide bonds. The first-order valence-electron chi connectivity index (χ1n) is 6.46. The molecule has 0 atom stereocenters. The van der Waals surface area contributed by atoms with E-state index in [0.717, 1.165) is 33.0 Å². The molecule has 5 heteroatoms. The maximum absolute atomic E-state index is 11.8. The SMILES string of the molecule is CCC(CC)NC(=O)CNc1c(Br)cc(C)cc1Br. The van der Waals surface area contributed by atoms with Crippen molar-refractivity contribution in [3.05, 3.63) is 26.6 Å². The summed E-state index contributed by atoms with van der Waals surface area (Å²) in [6, 6.07) is 4.30. The number of rotatable bonds is 6. The predicted octanol–water partition coefficient (Wildman–Crippen LogP) is 4.24. The van der Waals surface area contributed by atoms with Gasteiger partial charge in [0.2, 0.25) is 5.91 Å². The van der Waals surface area contributed by atoms with Crippen molar-refractivity contribution in [2.75, 3.05) is 11.9 Å². The Morgan fingerprint density at radius 3 is 2.21 bits per heavy atom. The molecule has 0 aliphatic rings. The summed E-state index contributed by atoms with van der Waals surface area (Å²) < 4.78 is 1.91. The maximum Gasteiger partial charge on any atom is 0.239 e. The van der Waals surface area contributed by atoms with Crippen LogP contribution in [0.5, 0.6) is 0 Å². The topological polar surface area (TPSA) is 41.1 Å². The van der Waals surface area contributed by atoms with Crippen molar-refractivity contribution in [3.8, 4) is 0 Å². The Morgan fingerprint density at radius 2 is 1.74 bits per heavy atom. The van der Waals surface area contributed by atoms with Crippen molar-refractivity contribution >= 4 is 43.5 Å². The highest BCUT2D eigenvalue weighted by atomic mass is 79.9. The zero-order valence-corrected chi connectivity index (χ0v) is 14.7. The summed E-state index contributed by atoms with van der Waals surface area (Å²) in [5.41, 5.74) is 2.07. The lowest BCUT2D eigenvalue weighted by Crippen LogP contribution is -2.37. The van der Waals surface area contributed by atoms with Crippen molar-refractivity contribution in [1.29, 1.82) is 0 Å². The highest BCUT2D eigenvalue weighted by molar-refractivity contribution is 9.11. The Morgan fingerprint density at radius 1 is 1.21 bits per heavy atom. The molecule has 0 bridgehead atoms. The Kier molecular flexibility index (Phi) is 6.86. The first-order chi connectivity index (χ1) is 8.97. The highest BCUT2D eigenvalue weighted by Crippen LogP contribution is 2.32. The number of hydrogen-bond acceptors (Lipinski definition) is 2. The van der Waals surface area contributed by atoms with Gasteiger partial charge in [-0.3, -0.25) is 4.79 Å². The average molecular weight is 392 g/mol. The fraction of sp³-hybridized carbons (Fsp3) is 0.500. The maximum atomic E-state index is 11.8. The second kappa shape index (κ2) is 7.90. The van der Waals surface area contributed by atoms with Gasteiger partial charge in [-0.15, -0.1) is 0 Å². The summed E-state index contributed by atoms with van der Waals surface area (Å²) >= 11 is 7.00. The third-order valence-corrected chi connectivity index (χ3v) is 4.21. The zero-order valence-electron chi connectivity index (χ0n) is 11.5. The smallest absolute Gasteiger partial charge is 0.239 e. The van der Waals surface area contributed by atoms with E-state index in [2.05, 4.69) is 56.3 Å². The fourth-order valence-corrected chi connectivity index (χ4v) is 3.50. The number of hydrogen-bond donors (Lipinski definition) is 2. The lowest BCUT2D eigenvalue weighted by Gasteiger charge is -2.16. The lowest BCUT2D eigenvalue weighted by molar-refractivity contribution is -0.120. The second-order valence-electron chi connectivity index (χ2n) is 4.54. The molecular formula is C14H20Br2N2O. The number of benzene rings is 1. The summed E-state index contributed by atoms with van der Waals surface area (Å²) in [4.78, 5) is 11.8. The molecule has 0 unspecified atom stereocenters. The minimum atomic E-state index is 0.0214. The third kappa shape index (κ3) is 5.15. The van der Waals surface area contributed by atoms with Gasteiger partial charge in [0, 0.05) is 15.0 Å².